The van der Waals surface area contributed by atoms with Crippen molar-refractivity contribution >= 4 is 0 Å². The fourth-order valence-electron chi connectivity index (χ4n) is 4.76. The molecule has 3 fully saturated rings. The molecule has 0 amide bonds. The maximum Gasteiger partial charge on any atom is 0.0233 e. The summed E-state index contributed by atoms with van der Waals surface area (Å²) in [6, 6.07) is 9.58. The van der Waals surface area contributed by atoms with Crippen LogP contribution >= 0.6 is 0 Å². The molecule has 0 spiro atoms. The van der Waals surface area contributed by atoms with Crippen LogP contribution in [0.2, 0.25) is 0 Å². The van der Waals surface area contributed by atoms with Crippen molar-refractivity contribution in [1.29, 1.82) is 0 Å². The van der Waals surface area contributed by atoms with E-state index in [1.807, 2.05) is 0 Å². The van der Waals surface area contributed by atoms with Crippen LogP contribution in [0.5, 0.6) is 0 Å². The first-order valence-corrected chi connectivity index (χ1v) is 9.90. The Labute approximate surface area is 141 Å². The lowest BCUT2D eigenvalue weighted by atomic mass is 9.71. The van der Waals surface area contributed by atoms with Crippen molar-refractivity contribution in [3.63, 3.8) is 0 Å². The van der Waals surface area contributed by atoms with Crippen LogP contribution in [0.1, 0.15) is 62.0 Å². The van der Waals surface area contributed by atoms with E-state index in [0.717, 1.165) is 18.4 Å². The third kappa shape index (κ3) is 3.97. The topological polar surface area (TPSA) is 6.48 Å². The summed E-state index contributed by atoms with van der Waals surface area (Å²) in [7, 11) is 0. The highest BCUT2D eigenvalue weighted by Gasteiger charge is 2.31. The summed E-state index contributed by atoms with van der Waals surface area (Å²) in [5, 5.41) is 0. The number of nitrogens with zero attached hydrogens (tertiary/aromatic N) is 2. The Kier molecular flexibility index (Phi) is 5.01. The summed E-state index contributed by atoms with van der Waals surface area (Å²) in [5.74, 6) is 1.80. The van der Waals surface area contributed by atoms with Gasteiger partial charge in [-0.1, -0.05) is 30.7 Å². The standard InChI is InChI=1S/C21H32N2/c1-2-10-23(11-3-1)17-19-14-21(15-19)20-8-6-18(7-9-20)16-22-12-4-5-13-22/h6-9,19,21H,1-5,10-17H2/t19-,21+. The molecule has 0 aromatic heterocycles. The molecule has 2 aliphatic heterocycles. The summed E-state index contributed by atoms with van der Waals surface area (Å²) < 4.78 is 0. The zero-order valence-electron chi connectivity index (χ0n) is 14.6. The van der Waals surface area contributed by atoms with E-state index >= 15 is 0 Å². The first-order chi connectivity index (χ1) is 11.4. The zero-order valence-corrected chi connectivity index (χ0v) is 14.6. The van der Waals surface area contributed by atoms with Gasteiger partial charge >= 0.3 is 0 Å². The smallest absolute Gasteiger partial charge is 0.0233 e. The minimum Gasteiger partial charge on any atom is -0.303 e. The molecule has 0 atom stereocenters. The summed E-state index contributed by atoms with van der Waals surface area (Å²) in [6.07, 6.45) is 9.91. The van der Waals surface area contributed by atoms with Crippen LogP contribution in [0.15, 0.2) is 24.3 Å². The van der Waals surface area contributed by atoms with Crippen LogP contribution in [-0.4, -0.2) is 42.5 Å². The fourth-order valence-corrected chi connectivity index (χ4v) is 4.76. The van der Waals surface area contributed by atoms with Crippen LogP contribution < -0.4 is 0 Å². The van der Waals surface area contributed by atoms with Gasteiger partial charge in [-0.05, 0) is 87.7 Å². The molecule has 1 saturated carbocycles. The van der Waals surface area contributed by atoms with Crippen molar-refractivity contribution in [2.45, 2.75) is 57.4 Å². The van der Waals surface area contributed by atoms with Gasteiger partial charge in [0, 0.05) is 13.1 Å². The Morgan fingerprint density at radius 2 is 1.35 bits per heavy atom. The van der Waals surface area contributed by atoms with Crippen molar-refractivity contribution in [3.05, 3.63) is 35.4 Å². The molecule has 3 aliphatic rings. The van der Waals surface area contributed by atoms with E-state index in [1.54, 1.807) is 5.56 Å². The van der Waals surface area contributed by atoms with Crippen molar-refractivity contribution in [3.8, 4) is 0 Å². The number of benzene rings is 1. The molecule has 2 saturated heterocycles. The molecule has 23 heavy (non-hydrogen) atoms. The third-order valence-corrected chi connectivity index (χ3v) is 6.26. The van der Waals surface area contributed by atoms with E-state index in [9.17, 15) is 0 Å². The molecule has 0 radical (unpaired) electrons. The van der Waals surface area contributed by atoms with E-state index < -0.39 is 0 Å². The molecule has 126 valence electrons. The predicted molar refractivity (Wildman–Crippen MR) is 96.7 cm³/mol. The van der Waals surface area contributed by atoms with Gasteiger partial charge < -0.3 is 4.90 Å². The molecule has 0 bridgehead atoms. The summed E-state index contributed by atoms with van der Waals surface area (Å²) in [6.45, 7) is 7.82. The van der Waals surface area contributed by atoms with E-state index in [2.05, 4.69) is 34.1 Å². The Balaban J connectivity index is 1.23. The van der Waals surface area contributed by atoms with Crippen molar-refractivity contribution < 1.29 is 0 Å². The van der Waals surface area contributed by atoms with Gasteiger partial charge in [0.25, 0.3) is 0 Å². The quantitative estimate of drug-likeness (QED) is 0.801. The molecule has 1 aliphatic carbocycles. The van der Waals surface area contributed by atoms with Gasteiger partial charge in [0.1, 0.15) is 0 Å². The van der Waals surface area contributed by atoms with Gasteiger partial charge in [-0.2, -0.15) is 0 Å². The lowest BCUT2D eigenvalue weighted by Gasteiger charge is -2.40. The van der Waals surface area contributed by atoms with E-state index in [4.69, 9.17) is 0 Å². The lowest BCUT2D eigenvalue weighted by Crippen LogP contribution is -2.38. The van der Waals surface area contributed by atoms with Gasteiger partial charge in [-0.25, -0.2) is 0 Å². The second-order valence-electron chi connectivity index (χ2n) is 8.12. The minimum atomic E-state index is 0.839. The second-order valence-corrected chi connectivity index (χ2v) is 8.12. The van der Waals surface area contributed by atoms with Crippen LogP contribution in [-0.2, 0) is 6.54 Å². The average Bonchev–Trinajstić information content (AvgIpc) is 3.06. The zero-order chi connectivity index (χ0) is 15.5. The first kappa shape index (κ1) is 15.7. The summed E-state index contributed by atoms with van der Waals surface area (Å²) in [5.41, 5.74) is 3.09. The van der Waals surface area contributed by atoms with E-state index in [-0.39, 0.29) is 0 Å². The Bertz CT molecular complexity index is 477. The third-order valence-electron chi connectivity index (χ3n) is 6.26. The molecule has 0 N–H and O–H groups in total. The Hall–Kier alpha value is -0.860. The van der Waals surface area contributed by atoms with Crippen molar-refractivity contribution in [1.82, 2.24) is 9.80 Å². The molecular formula is C21H32N2. The number of likely N-dealkylation sites (tertiary alicyclic amines) is 2. The molecule has 2 heterocycles. The van der Waals surface area contributed by atoms with Crippen LogP contribution in [0.3, 0.4) is 0 Å². The van der Waals surface area contributed by atoms with Crippen LogP contribution in [0.4, 0.5) is 0 Å². The summed E-state index contributed by atoms with van der Waals surface area (Å²) in [4.78, 5) is 5.30. The summed E-state index contributed by atoms with van der Waals surface area (Å²) >= 11 is 0. The molecular weight excluding hydrogens is 280 g/mol. The highest BCUT2D eigenvalue weighted by Crippen LogP contribution is 2.42. The maximum atomic E-state index is 2.71. The molecule has 2 heteroatoms. The normalized spacial score (nSPS) is 29.6. The number of hydrogen-bond acceptors (Lipinski definition) is 2. The van der Waals surface area contributed by atoms with Crippen molar-refractivity contribution in [2.24, 2.45) is 5.92 Å². The van der Waals surface area contributed by atoms with Gasteiger partial charge in [0.15, 0.2) is 0 Å². The second kappa shape index (κ2) is 7.36. The monoisotopic (exact) mass is 312 g/mol. The van der Waals surface area contributed by atoms with Gasteiger partial charge in [-0.15, -0.1) is 0 Å². The largest absolute Gasteiger partial charge is 0.303 e. The highest BCUT2D eigenvalue weighted by atomic mass is 15.1. The average molecular weight is 313 g/mol. The molecule has 1 aromatic rings. The number of rotatable bonds is 5. The minimum absolute atomic E-state index is 0.839. The molecule has 0 unspecified atom stereocenters. The molecule has 1 aromatic carbocycles. The SMILES string of the molecule is c1cc([C@H]2C[C@@H](CN3CCCCC3)C2)ccc1CN1CCCC1. The van der Waals surface area contributed by atoms with Gasteiger partial charge in [0.2, 0.25) is 0 Å². The van der Waals surface area contributed by atoms with Crippen LogP contribution in [0.25, 0.3) is 0 Å². The molecule has 4 rings (SSSR count). The number of piperidine rings is 1. The van der Waals surface area contributed by atoms with Gasteiger partial charge in [0.05, 0.1) is 0 Å². The predicted octanol–water partition coefficient (Wildman–Crippen LogP) is 4.26. The molecule has 2 nitrogen and oxygen atoms in total. The van der Waals surface area contributed by atoms with Crippen molar-refractivity contribution in [2.75, 3.05) is 32.7 Å². The van der Waals surface area contributed by atoms with E-state index in [0.29, 0.717) is 0 Å². The Morgan fingerprint density at radius 1 is 0.739 bits per heavy atom. The fraction of sp³-hybridized carbons (Fsp3) is 0.714. The lowest BCUT2D eigenvalue weighted by molar-refractivity contribution is 0.140. The van der Waals surface area contributed by atoms with E-state index in [1.165, 1.54) is 83.2 Å². The Morgan fingerprint density at radius 3 is 2.04 bits per heavy atom. The van der Waals surface area contributed by atoms with Gasteiger partial charge in [-0.3, -0.25) is 4.90 Å². The maximum absolute atomic E-state index is 2.71. The first-order valence-electron chi connectivity index (χ1n) is 9.90. The highest BCUT2D eigenvalue weighted by molar-refractivity contribution is 5.27. The number of hydrogen-bond donors (Lipinski definition) is 0. The van der Waals surface area contributed by atoms with Crippen LogP contribution in [0, 0.1) is 5.92 Å².